The molecule has 1 amide bonds. The van der Waals surface area contributed by atoms with E-state index in [1.54, 1.807) is 18.2 Å². The van der Waals surface area contributed by atoms with Crippen LogP contribution >= 0.6 is 27.5 Å². The van der Waals surface area contributed by atoms with E-state index in [0.717, 1.165) is 24.3 Å². The fourth-order valence-corrected chi connectivity index (χ4v) is 4.44. The summed E-state index contributed by atoms with van der Waals surface area (Å²) >= 11 is 9.11. The van der Waals surface area contributed by atoms with Gasteiger partial charge in [-0.05, 0) is 64.0 Å². The lowest BCUT2D eigenvalue weighted by molar-refractivity contribution is -0.384. The molecule has 0 unspecified atom stereocenters. The number of nitrogens with zero attached hydrogens (tertiary/aromatic N) is 2. The first-order chi connectivity index (χ1) is 16.1. The molecule has 0 fully saturated rings. The monoisotopic (exact) mass is 567 g/mol. The summed E-state index contributed by atoms with van der Waals surface area (Å²) in [5.41, 5.74) is 2.88. The van der Waals surface area contributed by atoms with Gasteiger partial charge >= 0.3 is 10.1 Å². The highest BCUT2D eigenvalue weighted by atomic mass is 79.9. The van der Waals surface area contributed by atoms with E-state index in [2.05, 4.69) is 26.5 Å². The van der Waals surface area contributed by atoms with E-state index in [1.807, 2.05) is 0 Å². The number of nitro groups is 1. The zero-order valence-electron chi connectivity index (χ0n) is 17.3. The maximum atomic E-state index is 12.6. The smallest absolute Gasteiger partial charge is 0.339 e. The zero-order chi connectivity index (χ0) is 24.9. The van der Waals surface area contributed by atoms with Gasteiger partial charge in [-0.2, -0.15) is 13.5 Å². The summed E-state index contributed by atoms with van der Waals surface area (Å²) in [4.78, 5) is 22.0. The Balaban J connectivity index is 1.79. The quantitative estimate of drug-likeness (QED) is 0.182. The molecule has 3 aromatic carbocycles. The molecule has 176 valence electrons. The predicted molar refractivity (Wildman–Crippen MR) is 128 cm³/mol. The van der Waals surface area contributed by atoms with Crippen molar-refractivity contribution in [1.29, 1.82) is 0 Å². The van der Waals surface area contributed by atoms with Crippen LogP contribution in [0.5, 0.6) is 11.5 Å². The normalized spacial score (nSPS) is 11.3. The number of carbonyl (C=O) groups is 1. The van der Waals surface area contributed by atoms with Gasteiger partial charge in [0.1, 0.15) is 4.90 Å². The topological polar surface area (TPSA) is 137 Å². The number of carbonyl (C=O) groups excluding carboxylic acids is 1. The number of amides is 1. The first-order valence-corrected chi connectivity index (χ1v) is 11.8. The highest BCUT2D eigenvalue weighted by Crippen LogP contribution is 2.38. The van der Waals surface area contributed by atoms with E-state index >= 15 is 0 Å². The van der Waals surface area contributed by atoms with E-state index < -0.39 is 20.9 Å². The molecule has 0 radical (unpaired) electrons. The van der Waals surface area contributed by atoms with Crippen molar-refractivity contribution in [1.82, 2.24) is 5.43 Å². The zero-order valence-corrected chi connectivity index (χ0v) is 20.4. The second-order valence-electron chi connectivity index (χ2n) is 6.53. The van der Waals surface area contributed by atoms with Crippen LogP contribution in [0.25, 0.3) is 0 Å². The Labute approximate surface area is 207 Å². The van der Waals surface area contributed by atoms with E-state index in [9.17, 15) is 23.3 Å². The Morgan fingerprint density at radius 3 is 2.50 bits per heavy atom. The molecule has 0 saturated heterocycles. The van der Waals surface area contributed by atoms with Gasteiger partial charge in [-0.15, -0.1) is 0 Å². The molecule has 34 heavy (non-hydrogen) atoms. The number of benzene rings is 3. The summed E-state index contributed by atoms with van der Waals surface area (Å²) < 4.78 is 36.0. The van der Waals surface area contributed by atoms with E-state index in [4.69, 9.17) is 20.5 Å². The lowest BCUT2D eigenvalue weighted by atomic mass is 10.2. The minimum atomic E-state index is -4.32. The summed E-state index contributed by atoms with van der Waals surface area (Å²) in [7, 11) is -3.01. The number of non-ortho nitro benzene ring substituents is 1. The number of hydrogen-bond acceptors (Lipinski definition) is 8. The van der Waals surface area contributed by atoms with Gasteiger partial charge in [0, 0.05) is 22.7 Å². The number of nitro benzene ring substituents is 1. The molecule has 0 aromatic heterocycles. The molecule has 0 aliphatic rings. The van der Waals surface area contributed by atoms with E-state index in [1.165, 1.54) is 31.5 Å². The van der Waals surface area contributed by atoms with Crippen molar-refractivity contribution in [3.05, 3.63) is 91.4 Å². The summed E-state index contributed by atoms with van der Waals surface area (Å²) in [6, 6.07) is 13.5. The number of ether oxygens (including phenoxy) is 1. The second kappa shape index (κ2) is 10.6. The summed E-state index contributed by atoms with van der Waals surface area (Å²) in [5.74, 6) is -0.553. The van der Waals surface area contributed by atoms with Crippen molar-refractivity contribution < 1.29 is 27.1 Å². The molecule has 0 atom stereocenters. The van der Waals surface area contributed by atoms with Gasteiger partial charge in [0.05, 0.1) is 22.7 Å². The van der Waals surface area contributed by atoms with E-state index in [0.29, 0.717) is 16.1 Å². The number of methoxy groups -OCH3 is 1. The molecule has 1 N–H and O–H groups in total. The average Bonchev–Trinajstić information content (AvgIpc) is 2.80. The van der Waals surface area contributed by atoms with Gasteiger partial charge in [-0.25, -0.2) is 5.43 Å². The summed E-state index contributed by atoms with van der Waals surface area (Å²) in [6.07, 6.45) is 1.32. The molecule has 0 bridgehead atoms. The molecular formula is C21H15BrClN3O7S. The van der Waals surface area contributed by atoms with Crippen molar-refractivity contribution in [2.45, 2.75) is 4.90 Å². The third-order valence-corrected chi connectivity index (χ3v) is 6.31. The first kappa shape index (κ1) is 25.1. The highest BCUT2D eigenvalue weighted by Gasteiger charge is 2.23. The van der Waals surface area contributed by atoms with Crippen LogP contribution in [0, 0.1) is 10.1 Å². The van der Waals surface area contributed by atoms with Gasteiger partial charge in [-0.1, -0.05) is 17.7 Å². The fourth-order valence-electron chi connectivity index (χ4n) is 2.65. The fraction of sp³-hybridized carbons (Fsp3) is 0.0476. The van der Waals surface area contributed by atoms with Gasteiger partial charge in [-0.3, -0.25) is 14.9 Å². The van der Waals surface area contributed by atoms with Crippen LogP contribution in [-0.2, 0) is 10.1 Å². The van der Waals surface area contributed by atoms with Gasteiger partial charge in [0.2, 0.25) is 0 Å². The molecule has 10 nitrogen and oxygen atoms in total. The summed E-state index contributed by atoms with van der Waals surface area (Å²) in [6.45, 7) is 0. The maximum Gasteiger partial charge on any atom is 0.339 e. The van der Waals surface area contributed by atoms with Crippen molar-refractivity contribution in [3.63, 3.8) is 0 Å². The number of nitrogens with one attached hydrogen (secondary N) is 1. The molecule has 0 aliphatic carbocycles. The molecule has 3 rings (SSSR count). The molecular weight excluding hydrogens is 554 g/mol. The number of hydrazone groups is 1. The SMILES string of the molecule is COc1cc(/C=N\NC(=O)c2cccc(Cl)c2)cc(Br)c1OS(=O)(=O)c1ccc([N+](=O)[O-])cc1. The Hall–Kier alpha value is -3.48. The molecule has 0 heterocycles. The lowest BCUT2D eigenvalue weighted by Crippen LogP contribution is -2.17. The minimum Gasteiger partial charge on any atom is -0.493 e. The van der Waals surface area contributed by atoms with Crippen LogP contribution < -0.4 is 14.3 Å². The average molecular weight is 569 g/mol. The Bertz CT molecular complexity index is 1380. The second-order valence-corrected chi connectivity index (χ2v) is 9.37. The minimum absolute atomic E-state index is 0.0579. The third kappa shape index (κ3) is 6.10. The Morgan fingerprint density at radius 1 is 1.18 bits per heavy atom. The predicted octanol–water partition coefficient (Wildman–Crippen LogP) is 4.55. The van der Waals surface area contributed by atoms with Crippen molar-refractivity contribution in [3.8, 4) is 11.5 Å². The molecule has 0 aliphatic heterocycles. The highest BCUT2D eigenvalue weighted by molar-refractivity contribution is 9.10. The van der Waals surface area contributed by atoms with Crippen LogP contribution in [-0.4, -0.2) is 32.6 Å². The lowest BCUT2D eigenvalue weighted by Gasteiger charge is -2.13. The standard InChI is InChI=1S/C21H15BrClN3O7S/c1-32-19-10-13(12-24-25-21(27)14-3-2-4-15(23)11-14)9-18(22)20(19)33-34(30,31)17-7-5-16(6-8-17)26(28)29/h2-12H,1H3,(H,25,27)/b24-12-. The van der Waals surface area contributed by atoms with Crippen LogP contribution in [0.2, 0.25) is 5.02 Å². The third-order valence-electron chi connectivity index (χ3n) is 4.25. The maximum absolute atomic E-state index is 12.6. The van der Waals surface area contributed by atoms with Crippen LogP contribution in [0.1, 0.15) is 15.9 Å². The Kier molecular flexibility index (Phi) is 7.87. The van der Waals surface area contributed by atoms with Crippen molar-refractivity contribution in [2.24, 2.45) is 5.10 Å². The number of rotatable bonds is 8. The Morgan fingerprint density at radius 2 is 1.88 bits per heavy atom. The molecule has 0 saturated carbocycles. The largest absolute Gasteiger partial charge is 0.493 e. The van der Waals surface area contributed by atoms with E-state index in [-0.39, 0.29) is 26.6 Å². The molecule has 13 heteroatoms. The van der Waals surface area contributed by atoms with Gasteiger partial charge < -0.3 is 8.92 Å². The number of hydrogen-bond donors (Lipinski definition) is 1. The first-order valence-electron chi connectivity index (χ1n) is 9.26. The van der Waals surface area contributed by atoms with Crippen molar-refractivity contribution in [2.75, 3.05) is 7.11 Å². The summed E-state index contributed by atoms with van der Waals surface area (Å²) in [5, 5.41) is 15.1. The van der Waals surface area contributed by atoms with Crippen molar-refractivity contribution >= 4 is 55.5 Å². The van der Waals surface area contributed by atoms with Gasteiger partial charge in [0.25, 0.3) is 11.6 Å². The number of halogens is 2. The van der Waals surface area contributed by atoms with Gasteiger partial charge in [0.15, 0.2) is 11.5 Å². The van der Waals surface area contributed by atoms with Crippen LogP contribution in [0.4, 0.5) is 5.69 Å². The van der Waals surface area contributed by atoms with Crippen LogP contribution in [0.15, 0.2) is 75.1 Å². The molecule has 0 spiro atoms. The van der Waals surface area contributed by atoms with Crippen LogP contribution in [0.3, 0.4) is 0 Å². The molecule has 3 aromatic rings.